The summed E-state index contributed by atoms with van der Waals surface area (Å²) in [5.41, 5.74) is 0.689. The third-order valence-electron chi connectivity index (χ3n) is 14.6. The van der Waals surface area contributed by atoms with Crippen LogP contribution in [-0.4, -0.2) is 0 Å². The van der Waals surface area contributed by atoms with E-state index in [2.05, 4.69) is 6.92 Å². The van der Waals surface area contributed by atoms with Crippen molar-refractivity contribution < 1.29 is 0 Å². The largest absolute Gasteiger partial charge is 0.0591 e. The second-order valence-corrected chi connectivity index (χ2v) is 15.7. The van der Waals surface area contributed by atoms with E-state index < -0.39 is 0 Å². The van der Waals surface area contributed by atoms with Gasteiger partial charge in [0.25, 0.3) is 0 Å². The van der Waals surface area contributed by atoms with Crippen LogP contribution in [0.3, 0.4) is 0 Å². The van der Waals surface area contributed by atoms with Crippen LogP contribution in [0.4, 0.5) is 0 Å². The maximum atomic E-state index is 2.91. The predicted octanol–water partition coefficient (Wildman–Crippen LogP) is 10.4. The van der Waals surface area contributed by atoms with Crippen molar-refractivity contribution in [3.63, 3.8) is 0 Å². The highest BCUT2D eigenvalue weighted by Crippen LogP contribution is 2.68. The first-order valence-corrected chi connectivity index (χ1v) is 17.3. The van der Waals surface area contributed by atoms with Gasteiger partial charge in [-0.05, 0) is 122 Å². The minimum absolute atomic E-state index is 0.689. The number of fused-ring (bicyclic) bond motifs is 4. The molecule has 35 heavy (non-hydrogen) atoms. The lowest BCUT2D eigenvalue weighted by Crippen LogP contribution is -2.59. The molecule has 7 rings (SSSR count). The van der Waals surface area contributed by atoms with Crippen molar-refractivity contribution in [3.8, 4) is 0 Å². The summed E-state index contributed by atoms with van der Waals surface area (Å²) < 4.78 is 0. The number of hydrogen-bond donors (Lipinski definition) is 0. The molecular weight excluding hydrogens is 420 g/mol. The summed E-state index contributed by atoms with van der Waals surface area (Å²) in [4.78, 5) is 0. The lowest BCUT2D eigenvalue weighted by molar-refractivity contribution is -0.170. The van der Waals surface area contributed by atoms with Gasteiger partial charge in [-0.3, -0.25) is 0 Å². The summed E-state index contributed by atoms with van der Waals surface area (Å²) in [5, 5.41) is 0. The molecule has 0 aromatic heterocycles. The van der Waals surface area contributed by atoms with E-state index in [0.29, 0.717) is 5.41 Å². The molecule has 0 aromatic carbocycles. The van der Waals surface area contributed by atoms with Gasteiger partial charge in [0.15, 0.2) is 0 Å². The molecule has 7 fully saturated rings. The molecular formula is C35H58. The van der Waals surface area contributed by atoms with Crippen LogP contribution >= 0.6 is 0 Å². The zero-order valence-corrected chi connectivity index (χ0v) is 23.4. The van der Waals surface area contributed by atoms with Crippen LogP contribution in [0.1, 0.15) is 148 Å². The van der Waals surface area contributed by atoms with Gasteiger partial charge in [-0.25, -0.2) is 0 Å². The third-order valence-corrected chi connectivity index (χ3v) is 14.6. The van der Waals surface area contributed by atoms with E-state index >= 15 is 0 Å². The van der Waals surface area contributed by atoms with Crippen LogP contribution in [0.2, 0.25) is 0 Å². The summed E-state index contributed by atoms with van der Waals surface area (Å²) in [6, 6.07) is 0. The first-order valence-electron chi connectivity index (χ1n) is 17.3. The molecule has 0 bridgehead atoms. The molecule has 7 aliphatic rings. The first-order chi connectivity index (χ1) is 17.3. The van der Waals surface area contributed by atoms with Crippen LogP contribution in [0.5, 0.6) is 0 Å². The van der Waals surface area contributed by atoms with Crippen LogP contribution in [-0.2, 0) is 0 Å². The van der Waals surface area contributed by atoms with Gasteiger partial charge in [0.05, 0.1) is 0 Å². The van der Waals surface area contributed by atoms with Gasteiger partial charge in [-0.15, -0.1) is 0 Å². The molecule has 0 radical (unpaired) electrons. The third kappa shape index (κ3) is 4.03. The highest BCUT2D eigenvalue weighted by Gasteiger charge is 2.61. The smallest absolute Gasteiger partial charge is 0.0261 e. The van der Waals surface area contributed by atoms with Crippen molar-refractivity contribution in [2.45, 2.75) is 148 Å². The van der Waals surface area contributed by atoms with E-state index in [1.165, 1.54) is 0 Å². The summed E-state index contributed by atoms with van der Waals surface area (Å²) in [7, 11) is 0. The second kappa shape index (κ2) is 9.95. The quantitative estimate of drug-likeness (QED) is 0.370. The summed E-state index contributed by atoms with van der Waals surface area (Å²) in [6.07, 6.45) is 35.0. The summed E-state index contributed by atoms with van der Waals surface area (Å²) in [5.74, 6) is 12.3. The van der Waals surface area contributed by atoms with Gasteiger partial charge < -0.3 is 0 Å². The minimum Gasteiger partial charge on any atom is -0.0591 e. The zero-order valence-electron chi connectivity index (χ0n) is 23.4. The normalized spacial score (nSPS) is 54.6. The molecule has 0 N–H and O–H groups in total. The lowest BCUT2D eigenvalue weighted by Gasteiger charge is -2.66. The Morgan fingerprint density at radius 1 is 0.400 bits per heavy atom. The monoisotopic (exact) mass is 478 g/mol. The van der Waals surface area contributed by atoms with Crippen molar-refractivity contribution in [1.29, 1.82) is 0 Å². The second-order valence-electron chi connectivity index (χ2n) is 15.7. The van der Waals surface area contributed by atoms with Crippen molar-refractivity contribution in [3.05, 3.63) is 0 Å². The Kier molecular flexibility index (Phi) is 6.84. The maximum absolute atomic E-state index is 2.91. The van der Waals surface area contributed by atoms with Gasteiger partial charge >= 0.3 is 0 Å². The molecule has 198 valence electrons. The van der Waals surface area contributed by atoms with Gasteiger partial charge in [0.1, 0.15) is 0 Å². The predicted molar refractivity (Wildman–Crippen MR) is 148 cm³/mol. The molecule has 7 aliphatic carbocycles. The van der Waals surface area contributed by atoms with Crippen molar-refractivity contribution >= 4 is 0 Å². The lowest BCUT2D eigenvalue weighted by atomic mass is 9.39. The SMILES string of the molecule is C[C@]1(C2C3CCCC[C@H]3C(C3CCC[C@@H]4CCCC[C@H]34)C3CCCC[C@H]32)CCC[C@@H]2CCCCC21. The fourth-order valence-corrected chi connectivity index (χ4v) is 13.7. The Morgan fingerprint density at radius 3 is 1.57 bits per heavy atom. The van der Waals surface area contributed by atoms with Crippen LogP contribution in [0.25, 0.3) is 0 Å². The van der Waals surface area contributed by atoms with Crippen molar-refractivity contribution in [2.24, 2.45) is 70.5 Å². The van der Waals surface area contributed by atoms with Gasteiger partial charge in [0, 0.05) is 0 Å². The van der Waals surface area contributed by atoms with Gasteiger partial charge in [0.2, 0.25) is 0 Å². The van der Waals surface area contributed by atoms with Gasteiger partial charge in [-0.1, -0.05) is 96.8 Å². The molecule has 0 aliphatic heterocycles. The fourth-order valence-electron chi connectivity index (χ4n) is 13.7. The maximum Gasteiger partial charge on any atom is -0.0261 e. The fraction of sp³-hybridized carbons (Fsp3) is 1.00. The van der Waals surface area contributed by atoms with Crippen LogP contribution in [0, 0.1) is 70.5 Å². The molecule has 0 spiro atoms. The molecule has 0 saturated heterocycles. The molecule has 7 saturated carbocycles. The molecule has 12 atom stereocenters. The molecule has 0 nitrogen and oxygen atoms in total. The minimum atomic E-state index is 0.689. The van der Waals surface area contributed by atoms with E-state index in [9.17, 15) is 0 Å². The average Bonchev–Trinajstić information content (AvgIpc) is 2.91. The Balaban J connectivity index is 1.26. The van der Waals surface area contributed by atoms with E-state index in [-0.39, 0.29) is 0 Å². The molecule has 0 aromatic rings. The van der Waals surface area contributed by atoms with Crippen LogP contribution < -0.4 is 0 Å². The van der Waals surface area contributed by atoms with E-state index in [0.717, 1.165) is 65.1 Å². The summed E-state index contributed by atoms with van der Waals surface area (Å²) in [6.45, 7) is 2.91. The van der Waals surface area contributed by atoms with E-state index in [1.54, 1.807) is 141 Å². The Hall–Kier alpha value is 0. The zero-order chi connectivity index (χ0) is 23.4. The van der Waals surface area contributed by atoms with E-state index in [4.69, 9.17) is 0 Å². The molecule has 0 amide bonds. The first kappa shape index (κ1) is 24.1. The molecule has 0 heterocycles. The van der Waals surface area contributed by atoms with Crippen molar-refractivity contribution in [1.82, 2.24) is 0 Å². The Morgan fingerprint density at radius 2 is 0.857 bits per heavy atom. The number of rotatable bonds is 2. The Bertz CT molecular complexity index is 696. The average molecular weight is 479 g/mol. The summed E-state index contributed by atoms with van der Waals surface area (Å²) >= 11 is 0. The van der Waals surface area contributed by atoms with Gasteiger partial charge in [-0.2, -0.15) is 0 Å². The van der Waals surface area contributed by atoms with Crippen molar-refractivity contribution in [2.75, 3.05) is 0 Å². The number of hydrogen-bond acceptors (Lipinski definition) is 0. The van der Waals surface area contributed by atoms with Crippen LogP contribution in [0.15, 0.2) is 0 Å². The molecule has 0 heteroatoms. The topological polar surface area (TPSA) is 0 Å². The highest BCUT2D eigenvalue weighted by atomic mass is 14.7. The Labute approximate surface area is 218 Å². The standard InChI is InChI=1S/C35H58/c1-35(23-11-15-25-13-3-9-22-32(25)35)34-30-19-7-5-17-28(30)33(29-18-6-8-20-31(29)34)27-21-10-14-24-12-2-4-16-26(24)27/h24-34H,2-23H2,1H3/t24-,25-,26-,27?,28+,29?,30?,31+,32?,33?,34?,35-/m0/s1. The highest BCUT2D eigenvalue weighted by molar-refractivity contribution is 5.09. The molecule has 6 unspecified atom stereocenters. The van der Waals surface area contributed by atoms with E-state index in [1.807, 2.05) is 0 Å².